The number of hydrogen-bond donors (Lipinski definition) is 2. The number of amides is 1. The minimum Gasteiger partial charge on any atom is -0.365 e. The van der Waals surface area contributed by atoms with Crippen LogP contribution in [0.1, 0.15) is 12.8 Å². The molecule has 4 heterocycles. The van der Waals surface area contributed by atoms with E-state index < -0.39 is 0 Å². The van der Waals surface area contributed by atoms with Crippen molar-refractivity contribution in [1.29, 1.82) is 0 Å². The van der Waals surface area contributed by atoms with Crippen molar-refractivity contribution >= 4 is 23.4 Å². The number of piperidine rings is 1. The number of fused-ring (bicyclic) bond motifs is 1. The number of nitrogens with zero attached hydrogens (tertiary/aromatic N) is 5. The van der Waals surface area contributed by atoms with Gasteiger partial charge in [-0.1, -0.05) is 0 Å². The molecule has 0 aromatic carbocycles. The molecule has 0 aliphatic carbocycles. The van der Waals surface area contributed by atoms with Gasteiger partial charge in [-0.2, -0.15) is 5.10 Å². The summed E-state index contributed by atoms with van der Waals surface area (Å²) in [5, 5.41) is 10.2. The maximum Gasteiger partial charge on any atom is 0.209 e. The van der Waals surface area contributed by atoms with E-state index >= 15 is 0 Å². The van der Waals surface area contributed by atoms with Gasteiger partial charge in [0, 0.05) is 30.9 Å². The predicted octanol–water partition coefficient (Wildman–Crippen LogP) is 1.45. The number of rotatable bonds is 4. The first-order valence-corrected chi connectivity index (χ1v) is 7.91. The summed E-state index contributed by atoms with van der Waals surface area (Å²) in [4.78, 5) is 26.2. The smallest absolute Gasteiger partial charge is 0.209 e. The highest BCUT2D eigenvalue weighted by Gasteiger charge is 2.20. The van der Waals surface area contributed by atoms with Crippen LogP contribution in [-0.4, -0.2) is 55.6 Å². The summed E-state index contributed by atoms with van der Waals surface area (Å²) in [5.74, 6) is 0.757. The Balaban J connectivity index is 1.63. The molecule has 1 saturated heterocycles. The highest BCUT2D eigenvalue weighted by molar-refractivity contribution is 5.77. The second-order valence-electron chi connectivity index (χ2n) is 5.84. The van der Waals surface area contributed by atoms with Crippen molar-refractivity contribution in [2.24, 2.45) is 0 Å². The van der Waals surface area contributed by atoms with E-state index in [4.69, 9.17) is 0 Å². The lowest BCUT2D eigenvalue weighted by molar-refractivity contribution is -0.119. The monoisotopic (exact) mass is 323 g/mol. The summed E-state index contributed by atoms with van der Waals surface area (Å²) >= 11 is 0. The zero-order chi connectivity index (χ0) is 16.4. The highest BCUT2D eigenvalue weighted by Crippen LogP contribution is 2.26. The molecule has 2 N–H and O–H groups in total. The maximum atomic E-state index is 11.0. The van der Waals surface area contributed by atoms with Crippen LogP contribution in [-0.2, 0) is 4.79 Å². The van der Waals surface area contributed by atoms with Crippen LogP contribution in [0, 0.1) is 0 Å². The number of nitrogens with one attached hydrogen (secondary N) is 2. The molecule has 8 nitrogen and oxygen atoms in total. The summed E-state index contributed by atoms with van der Waals surface area (Å²) in [7, 11) is 0. The predicted molar refractivity (Wildman–Crippen MR) is 89.2 cm³/mol. The summed E-state index contributed by atoms with van der Waals surface area (Å²) < 4.78 is 0. The third-order valence-corrected chi connectivity index (χ3v) is 4.18. The quantitative estimate of drug-likeness (QED) is 0.705. The number of aromatic nitrogens is 5. The molecule has 3 aromatic rings. The number of H-pyrrole nitrogens is 1. The molecule has 1 aliphatic rings. The van der Waals surface area contributed by atoms with Gasteiger partial charge >= 0.3 is 0 Å². The zero-order valence-electron chi connectivity index (χ0n) is 13.0. The van der Waals surface area contributed by atoms with Gasteiger partial charge in [-0.05, 0) is 25.0 Å². The summed E-state index contributed by atoms with van der Waals surface area (Å²) in [6, 6.07) is 4.02. The van der Waals surface area contributed by atoms with Gasteiger partial charge < -0.3 is 10.2 Å². The molecule has 1 atom stereocenters. The van der Waals surface area contributed by atoms with Crippen molar-refractivity contribution in [2.75, 3.05) is 18.4 Å². The van der Waals surface area contributed by atoms with E-state index in [2.05, 4.69) is 30.5 Å². The molecule has 122 valence electrons. The van der Waals surface area contributed by atoms with Crippen molar-refractivity contribution in [1.82, 2.24) is 30.0 Å². The van der Waals surface area contributed by atoms with E-state index in [1.54, 1.807) is 23.5 Å². The van der Waals surface area contributed by atoms with Crippen LogP contribution in [0.5, 0.6) is 0 Å². The lowest BCUT2D eigenvalue weighted by atomic mass is 10.1. The number of carbonyl (C=O) groups excluding carboxylic acids is 1. The molecule has 0 saturated carbocycles. The van der Waals surface area contributed by atoms with E-state index in [1.807, 2.05) is 12.1 Å². The molecule has 1 amide bonds. The van der Waals surface area contributed by atoms with Gasteiger partial charge in [0.25, 0.3) is 0 Å². The van der Waals surface area contributed by atoms with Gasteiger partial charge in [-0.25, -0.2) is 15.0 Å². The minimum atomic E-state index is 0.184. The van der Waals surface area contributed by atoms with E-state index in [9.17, 15) is 4.79 Å². The third-order valence-electron chi connectivity index (χ3n) is 4.18. The molecule has 0 radical (unpaired) electrons. The second kappa shape index (κ2) is 6.23. The molecule has 3 aromatic heterocycles. The molecule has 1 aliphatic heterocycles. The Morgan fingerprint density at radius 2 is 2.29 bits per heavy atom. The fourth-order valence-electron chi connectivity index (χ4n) is 3.00. The zero-order valence-corrected chi connectivity index (χ0v) is 13.0. The van der Waals surface area contributed by atoms with Gasteiger partial charge in [0.1, 0.15) is 11.3 Å². The third kappa shape index (κ3) is 2.78. The van der Waals surface area contributed by atoms with Crippen LogP contribution in [0.2, 0.25) is 0 Å². The molecule has 0 spiro atoms. The molecule has 8 heteroatoms. The average molecular weight is 323 g/mol. The van der Waals surface area contributed by atoms with Crippen molar-refractivity contribution in [3.8, 4) is 11.3 Å². The van der Waals surface area contributed by atoms with Gasteiger partial charge in [0.05, 0.1) is 18.1 Å². The fourth-order valence-corrected chi connectivity index (χ4v) is 3.00. The molecule has 1 fully saturated rings. The van der Waals surface area contributed by atoms with Crippen LogP contribution in [0.15, 0.2) is 30.7 Å². The number of carbonyl (C=O) groups is 1. The maximum absolute atomic E-state index is 11.0. The van der Waals surface area contributed by atoms with Crippen LogP contribution in [0.4, 0.5) is 5.82 Å². The van der Waals surface area contributed by atoms with Gasteiger partial charge in [0.2, 0.25) is 6.41 Å². The Morgan fingerprint density at radius 1 is 1.33 bits per heavy atom. The molecular weight excluding hydrogens is 306 g/mol. The van der Waals surface area contributed by atoms with Crippen LogP contribution < -0.4 is 5.32 Å². The van der Waals surface area contributed by atoms with Crippen LogP contribution in [0.25, 0.3) is 22.4 Å². The van der Waals surface area contributed by atoms with E-state index in [0.29, 0.717) is 17.7 Å². The lowest BCUT2D eigenvalue weighted by Crippen LogP contribution is -2.41. The highest BCUT2D eigenvalue weighted by atomic mass is 16.1. The van der Waals surface area contributed by atoms with E-state index in [0.717, 1.165) is 42.9 Å². The Morgan fingerprint density at radius 3 is 3.21 bits per heavy atom. The van der Waals surface area contributed by atoms with Gasteiger partial charge in [-0.15, -0.1) is 0 Å². The van der Waals surface area contributed by atoms with Crippen molar-refractivity contribution in [3.63, 3.8) is 0 Å². The summed E-state index contributed by atoms with van der Waals surface area (Å²) in [6.45, 7) is 1.51. The number of hydrogen-bond acceptors (Lipinski definition) is 6. The first-order valence-electron chi connectivity index (χ1n) is 7.91. The first-order chi connectivity index (χ1) is 11.8. The molecule has 4 rings (SSSR count). The topological polar surface area (TPSA) is 99.7 Å². The van der Waals surface area contributed by atoms with Crippen molar-refractivity contribution < 1.29 is 4.79 Å². The second-order valence-corrected chi connectivity index (χ2v) is 5.84. The average Bonchev–Trinajstić information content (AvgIpc) is 3.10. The summed E-state index contributed by atoms with van der Waals surface area (Å²) in [6.07, 6.45) is 8.01. The lowest BCUT2D eigenvalue weighted by Gasteiger charge is -2.31. The van der Waals surface area contributed by atoms with Crippen molar-refractivity contribution in [3.05, 3.63) is 30.7 Å². The number of anilines is 1. The molecule has 0 bridgehead atoms. The van der Waals surface area contributed by atoms with E-state index in [1.165, 1.54) is 0 Å². The molecule has 1 unspecified atom stereocenters. The van der Waals surface area contributed by atoms with Crippen molar-refractivity contribution in [2.45, 2.75) is 18.9 Å². The SMILES string of the molecule is O=CN1CCCC(Nc2ncccc2-c2cnc3[nH]ncc3n2)C1. The fraction of sp³-hybridized carbons (Fsp3) is 0.312. The summed E-state index contributed by atoms with van der Waals surface area (Å²) in [5.41, 5.74) is 3.00. The molecule has 24 heavy (non-hydrogen) atoms. The number of pyridine rings is 1. The first kappa shape index (κ1) is 14.6. The Labute approximate surface area is 138 Å². The minimum absolute atomic E-state index is 0.184. The van der Waals surface area contributed by atoms with E-state index in [-0.39, 0.29) is 6.04 Å². The largest absolute Gasteiger partial charge is 0.365 e. The van der Waals surface area contributed by atoms with Crippen LogP contribution >= 0.6 is 0 Å². The van der Waals surface area contributed by atoms with Gasteiger partial charge in [-0.3, -0.25) is 9.89 Å². The Kier molecular flexibility index (Phi) is 3.78. The molecular formula is C16H17N7O. The van der Waals surface area contributed by atoms with Gasteiger partial charge in [0.15, 0.2) is 5.65 Å². The number of aromatic amines is 1. The Hall–Kier alpha value is -3.03. The normalized spacial score (nSPS) is 17.8. The standard InChI is InChI=1S/C16H17N7O/c24-10-23-6-2-3-11(9-23)20-15-12(4-1-5-17-15)13-7-18-16-14(21-13)8-19-22-16/h1,4-5,7-8,10-11H,2-3,6,9H2,(H,17,20)(H,18,19,22). The Bertz CT molecular complexity index is 862. The van der Waals surface area contributed by atoms with Crippen LogP contribution in [0.3, 0.4) is 0 Å². The number of likely N-dealkylation sites (tertiary alicyclic amines) is 1.